The minimum absolute atomic E-state index is 0.207. The summed E-state index contributed by atoms with van der Waals surface area (Å²) in [5.41, 5.74) is 0.918. The van der Waals surface area contributed by atoms with E-state index in [1.54, 1.807) is 6.08 Å². The highest BCUT2D eigenvalue weighted by atomic mass is 16.7. The first-order valence-corrected chi connectivity index (χ1v) is 7.69. The van der Waals surface area contributed by atoms with Gasteiger partial charge in [0.25, 0.3) is 0 Å². The number of amides is 2. The lowest BCUT2D eigenvalue weighted by Crippen LogP contribution is -2.57. The number of hydrogen-bond acceptors (Lipinski definition) is 4. The molecular weight excluding hydrogens is 296 g/mol. The predicted molar refractivity (Wildman–Crippen MR) is 85.3 cm³/mol. The Kier molecular flexibility index (Phi) is 6.17. The van der Waals surface area contributed by atoms with E-state index in [0.717, 1.165) is 5.56 Å². The molecule has 0 N–H and O–H groups in total. The van der Waals surface area contributed by atoms with Crippen molar-refractivity contribution in [1.82, 2.24) is 9.96 Å². The number of nitrogens with zero attached hydrogens (tertiary/aromatic N) is 2. The van der Waals surface area contributed by atoms with Crippen molar-refractivity contribution in [2.24, 2.45) is 0 Å². The molecule has 0 aliphatic carbocycles. The van der Waals surface area contributed by atoms with Crippen LogP contribution in [0.2, 0.25) is 0 Å². The molecule has 0 spiro atoms. The summed E-state index contributed by atoms with van der Waals surface area (Å²) in [6.07, 6.45) is 2.05. The van der Waals surface area contributed by atoms with E-state index in [1.165, 1.54) is 9.96 Å². The molecule has 1 heterocycles. The van der Waals surface area contributed by atoms with Gasteiger partial charge in [0.05, 0.1) is 13.2 Å². The number of rotatable bonds is 7. The number of carbonyl (C=O) groups is 2. The molecule has 0 unspecified atom stereocenters. The van der Waals surface area contributed by atoms with Gasteiger partial charge in [-0.05, 0) is 18.9 Å². The number of esters is 1. The van der Waals surface area contributed by atoms with Gasteiger partial charge in [-0.2, -0.15) is 0 Å². The van der Waals surface area contributed by atoms with Crippen LogP contribution in [0, 0.1) is 0 Å². The van der Waals surface area contributed by atoms with Crippen molar-refractivity contribution >= 4 is 12.0 Å². The summed E-state index contributed by atoms with van der Waals surface area (Å²) in [6.45, 7) is 6.61. The Balaban J connectivity index is 1.94. The van der Waals surface area contributed by atoms with Crippen LogP contribution < -0.4 is 0 Å². The molecule has 23 heavy (non-hydrogen) atoms. The number of ether oxygens (including phenoxy) is 1. The van der Waals surface area contributed by atoms with Crippen molar-refractivity contribution in [3.8, 4) is 0 Å². The summed E-state index contributed by atoms with van der Waals surface area (Å²) in [4.78, 5) is 31.4. The maximum atomic E-state index is 12.3. The van der Waals surface area contributed by atoms with Crippen molar-refractivity contribution in [2.75, 3.05) is 19.7 Å². The fourth-order valence-electron chi connectivity index (χ4n) is 2.46. The first-order chi connectivity index (χ1) is 11.2. The molecule has 1 aliphatic rings. The third kappa shape index (κ3) is 4.32. The lowest BCUT2D eigenvalue weighted by atomic mass is 10.1. The molecule has 0 aromatic heterocycles. The van der Waals surface area contributed by atoms with Gasteiger partial charge in [-0.3, -0.25) is 4.84 Å². The van der Waals surface area contributed by atoms with Gasteiger partial charge in [0.1, 0.15) is 12.6 Å². The lowest BCUT2D eigenvalue weighted by Gasteiger charge is -2.38. The van der Waals surface area contributed by atoms with Gasteiger partial charge in [0.15, 0.2) is 0 Å². The minimum atomic E-state index is -0.570. The zero-order chi connectivity index (χ0) is 16.7. The first kappa shape index (κ1) is 17.0. The summed E-state index contributed by atoms with van der Waals surface area (Å²) in [5, 5.41) is 1.27. The molecule has 1 aromatic rings. The van der Waals surface area contributed by atoms with Crippen molar-refractivity contribution in [2.45, 2.75) is 26.0 Å². The molecule has 124 valence electrons. The number of benzene rings is 1. The highest BCUT2D eigenvalue weighted by molar-refractivity contribution is 5.84. The van der Waals surface area contributed by atoms with Crippen LogP contribution in [0.3, 0.4) is 0 Å². The molecule has 0 bridgehead atoms. The molecule has 0 saturated carbocycles. The standard InChI is InChI=1S/C17H22N2O4/c1-3-12-23-19-11-10-15(18(4-2)17(19)21)16(20)22-13-14-8-6-5-7-9-14/h3,5-9,15H,1,4,10-13H2,2H3/t15-/m0/s1. The Hall–Kier alpha value is -2.34. The summed E-state index contributed by atoms with van der Waals surface area (Å²) < 4.78 is 5.36. The number of likely N-dealkylation sites (N-methyl/N-ethyl adjacent to an activating group) is 1. The molecule has 1 aromatic carbocycles. The van der Waals surface area contributed by atoms with E-state index in [4.69, 9.17) is 9.57 Å². The van der Waals surface area contributed by atoms with Crippen LogP contribution in [0.1, 0.15) is 18.9 Å². The molecule has 6 nitrogen and oxygen atoms in total. The van der Waals surface area contributed by atoms with Gasteiger partial charge in [0, 0.05) is 6.54 Å². The van der Waals surface area contributed by atoms with Gasteiger partial charge in [-0.25, -0.2) is 14.7 Å². The van der Waals surface area contributed by atoms with Crippen LogP contribution in [-0.4, -0.2) is 47.7 Å². The Labute approximate surface area is 136 Å². The number of carbonyl (C=O) groups excluding carboxylic acids is 2. The van der Waals surface area contributed by atoms with Gasteiger partial charge in [-0.1, -0.05) is 36.4 Å². The first-order valence-electron chi connectivity index (χ1n) is 7.69. The lowest BCUT2D eigenvalue weighted by molar-refractivity contribution is -0.161. The van der Waals surface area contributed by atoms with Gasteiger partial charge < -0.3 is 9.64 Å². The predicted octanol–water partition coefficient (Wildman–Crippen LogP) is 2.36. The van der Waals surface area contributed by atoms with E-state index in [0.29, 0.717) is 19.5 Å². The molecule has 6 heteroatoms. The van der Waals surface area contributed by atoms with Gasteiger partial charge in [-0.15, -0.1) is 6.58 Å². The van der Waals surface area contributed by atoms with Crippen LogP contribution in [0.5, 0.6) is 0 Å². The van der Waals surface area contributed by atoms with Crippen molar-refractivity contribution in [1.29, 1.82) is 0 Å². The molecule has 2 amide bonds. The topological polar surface area (TPSA) is 59.1 Å². The van der Waals surface area contributed by atoms with Crippen LogP contribution in [-0.2, 0) is 21.0 Å². The summed E-state index contributed by atoms with van der Waals surface area (Å²) >= 11 is 0. The molecule has 1 fully saturated rings. The average molecular weight is 318 g/mol. The highest BCUT2D eigenvalue weighted by Crippen LogP contribution is 2.18. The van der Waals surface area contributed by atoms with E-state index < -0.39 is 6.04 Å². The Bertz CT molecular complexity index is 547. The summed E-state index contributed by atoms with van der Waals surface area (Å²) in [5.74, 6) is -0.382. The summed E-state index contributed by atoms with van der Waals surface area (Å²) in [6, 6.07) is 8.58. The van der Waals surface area contributed by atoms with Crippen molar-refractivity contribution in [3.05, 3.63) is 48.6 Å². The Morgan fingerprint density at radius 2 is 2.13 bits per heavy atom. The van der Waals surface area contributed by atoms with Gasteiger partial charge in [0.2, 0.25) is 0 Å². The maximum absolute atomic E-state index is 12.3. The average Bonchev–Trinajstić information content (AvgIpc) is 2.59. The van der Waals surface area contributed by atoms with Crippen molar-refractivity contribution in [3.63, 3.8) is 0 Å². The van der Waals surface area contributed by atoms with Crippen LogP contribution in [0.15, 0.2) is 43.0 Å². The Morgan fingerprint density at radius 3 is 2.78 bits per heavy atom. The third-order valence-electron chi connectivity index (χ3n) is 3.63. The zero-order valence-electron chi connectivity index (χ0n) is 13.3. The fraction of sp³-hybridized carbons (Fsp3) is 0.412. The molecule has 1 atom stereocenters. The normalized spacial score (nSPS) is 18.0. The van der Waals surface area contributed by atoms with E-state index in [2.05, 4.69) is 6.58 Å². The van der Waals surface area contributed by atoms with E-state index in [-0.39, 0.29) is 25.2 Å². The van der Waals surface area contributed by atoms with Gasteiger partial charge >= 0.3 is 12.0 Å². The quantitative estimate of drug-likeness (QED) is 0.572. The second-order valence-electron chi connectivity index (χ2n) is 5.15. The largest absolute Gasteiger partial charge is 0.459 e. The summed E-state index contributed by atoms with van der Waals surface area (Å²) in [7, 11) is 0. The van der Waals surface area contributed by atoms with Crippen LogP contribution >= 0.6 is 0 Å². The molecule has 2 rings (SSSR count). The number of urea groups is 1. The molecule has 1 aliphatic heterocycles. The zero-order valence-corrected chi connectivity index (χ0v) is 13.3. The highest BCUT2D eigenvalue weighted by Gasteiger charge is 2.38. The third-order valence-corrected chi connectivity index (χ3v) is 3.63. The minimum Gasteiger partial charge on any atom is -0.459 e. The SMILES string of the molecule is C=CCON1CC[C@@H](C(=O)OCc2ccccc2)N(CC)C1=O. The second kappa shape index (κ2) is 8.33. The molecule has 1 saturated heterocycles. The van der Waals surface area contributed by atoms with Crippen LogP contribution in [0.4, 0.5) is 4.79 Å². The van der Waals surface area contributed by atoms with E-state index in [1.807, 2.05) is 37.3 Å². The maximum Gasteiger partial charge on any atom is 0.344 e. The molecule has 0 radical (unpaired) electrons. The van der Waals surface area contributed by atoms with E-state index >= 15 is 0 Å². The van der Waals surface area contributed by atoms with Crippen molar-refractivity contribution < 1.29 is 19.2 Å². The molecular formula is C17H22N2O4. The fourth-order valence-corrected chi connectivity index (χ4v) is 2.46. The second-order valence-corrected chi connectivity index (χ2v) is 5.15. The number of hydrogen-bond donors (Lipinski definition) is 0. The Morgan fingerprint density at radius 1 is 1.39 bits per heavy atom. The van der Waals surface area contributed by atoms with E-state index in [9.17, 15) is 9.59 Å². The number of hydroxylamine groups is 2. The van der Waals surface area contributed by atoms with Crippen LogP contribution in [0.25, 0.3) is 0 Å². The smallest absolute Gasteiger partial charge is 0.344 e. The monoisotopic (exact) mass is 318 g/mol.